The molecule has 1 aliphatic rings. The summed E-state index contributed by atoms with van der Waals surface area (Å²) in [7, 11) is 3.33. The van der Waals surface area contributed by atoms with Gasteiger partial charge in [-0.1, -0.05) is 0 Å². The number of aryl methyl sites for hydroxylation is 1. The topological polar surface area (TPSA) is 105 Å². The number of ether oxygens (including phenoxy) is 1. The number of carbonyl (C=O) groups excluding carboxylic acids is 1. The highest BCUT2D eigenvalue weighted by Gasteiger charge is 2.22. The zero-order valence-corrected chi connectivity index (χ0v) is 15.7. The van der Waals surface area contributed by atoms with E-state index in [1.54, 1.807) is 14.2 Å². The quantitative estimate of drug-likeness (QED) is 0.502. The second kappa shape index (κ2) is 8.28. The van der Waals surface area contributed by atoms with Crippen molar-refractivity contribution < 1.29 is 9.53 Å². The van der Waals surface area contributed by atoms with Crippen molar-refractivity contribution in [1.82, 2.24) is 30.7 Å². The highest BCUT2D eigenvalue weighted by molar-refractivity contribution is 5.86. The summed E-state index contributed by atoms with van der Waals surface area (Å²) in [5.74, 6) is 2.23. The van der Waals surface area contributed by atoms with Gasteiger partial charge in [0.25, 0.3) is 0 Å². The lowest BCUT2D eigenvalue weighted by atomic mass is 10.1. The van der Waals surface area contributed by atoms with Gasteiger partial charge in [-0.05, 0) is 27.2 Å². The van der Waals surface area contributed by atoms with Crippen molar-refractivity contribution in [2.45, 2.75) is 58.3 Å². The third-order valence-corrected chi connectivity index (χ3v) is 3.67. The average Bonchev–Trinajstić information content (AvgIpc) is 2.91. The van der Waals surface area contributed by atoms with Gasteiger partial charge >= 0.3 is 0 Å². The molecule has 0 aliphatic carbocycles. The molecule has 1 unspecified atom stereocenters. The maximum atomic E-state index is 11.9. The van der Waals surface area contributed by atoms with Crippen LogP contribution in [0.2, 0.25) is 0 Å². The molecule has 9 nitrogen and oxygen atoms in total. The third kappa shape index (κ3) is 6.00. The molecule has 1 aromatic rings. The van der Waals surface area contributed by atoms with Gasteiger partial charge in [-0.3, -0.25) is 9.79 Å². The lowest BCUT2D eigenvalue weighted by Crippen LogP contribution is -2.51. The monoisotopic (exact) mass is 351 g/mol. The number of hydrogen-bond donors (Lipinski definition) is 3. The molecule has 0 saturated carbocycles. The Morgan fingerprint density at radius 1 is 1.44 bits per heavy atom. The molecule has 140 valence electrons. The highest BCUT2D eigenvalue weighted by atomic mass is 16.5. The summed E-state index contributed by atoms with van der Waals surface area (Å²) in [6, 6.07) is 0.182. The molecule has 1 amide bonds. The smallest absolute Gasteiger partial charge is 0.239 e. The molecule has 2 rings (SSSR count). The van der Waals surface area contributed by atoms with E-state index < -0.39 is 0 Å². The number of fused-ring (bicyclic) bond motifs is 1. The second-order valence-electron chi connectivity index (χ2n) is 7.16. The molecule has 1 atom stereocenters. The molecule has 25 heavy (non-hydrogen) atoms. The number of guanidine groups is 1. The predicted octanol–water partition coefficient (Wildman–Crippen LogP) is -0.181. The van der Waals surface area contributed by atoms with E-state index in [0.717, 1.165) is 18.7 Å². The van der Waals surface area contributed by atoms with Crippen LogP contribution in [0.5, 0.6) is 0 Å². The second-order valence-corrected chi connectivity index (χ2v) is 7.16. The summed E-state index contributed by atoms with van der Waals surface area (Å²) in [5, 5.41) is 13.8. The van der Waals surface area contributed by atoms with Crippen LogP contribution in [-0.2, 0) is 29.1 Å². The zero-order valence-electron chi connectivity index (χ0n) is 15.7. The van der Waals surface area contributed by atoms with Crippen molar-refractivity contribution in [2.75, 3.05) is 20.7 Å². The van der Waals surface area contributed by atoms with E-state index in [0.29, 0.717) is 24.9 Å². The van der Waals surface area contributed by atoms with Crippen molar-refractivity contribution in [1.29, 1.82) is 0 Å². The van der Waals surface area contributed by atoms with E-state index in [2.05, 4.69) is 31.0 Å². The van der Waals surface area contributed by atoms with Gasteiger partial charge in [0.05, 0.1) is 13.1 Å². The molecule has 0 saturated heterocycles. The Bertz CT molecular complexity index is 618. The molecule has 0 fully saturated rings. The number of methoxy groups -OCH3 is 1. The number of nitrogens with zero attached hydrogens (tertiary/aromatic N) is 4. The van der Waals surface area contributed by atoms with Gasteiger partial charge in [0, 0.05) is 32.2 Å². The van der Waals surface area contributed by atoms with E-state index >= 15 is 0 Å². The molecular formula is C16H29N7O2. The Balaban J connectivity index is 1.84. The molecule has 1 aromatic heterocycles. The maximum absolute atomic E-state index is 11.9. The summed E-state index contributed by atoms with van der Waals surface area (Å²) in [6.07, 6.45) is 1.77. The molecule has 1 aliphatic heterocycles. The van der Waals surface area contributed by atoms with E-state index in [1.807, 2.05) is 25.5 Å². The molecule has 0 radical (unpaired) electrons. The molecule has 9 heteroatoms. The van der Waals surface area contributed by atoms with Gasteiger partial charge in [-0.2, -0.15) is 5.10 Å². The zero-order chi connectivity index (χ0) is 18.4. The Morgan fingerprint density at radius 3 is 2.84 bits per heavy atom. The summed E-state index contributed by atoms with van der Waals surface area (Å²) >= 11 is 0. The van der Waals surface area contributed by atoms with Gasteiger partial charge in [0.15, 0.2) is 11.8 Å². The number of amides is 1. The molecule has 0 spiro atoms. The van der Waals surface area contributed by atoms with Crippen LogP contribution in [0.4, 0.5) is 0 Å². The molecular weight excluding hydrogens is 322 g/mol. The van der Waals surface area contributed by atoms with Gasteiger partial charge in [0.1, 0.15) is 12.4 Å². The Morgan fingerprint density at radius 2 is 2.20 bits per heavy atom. The third-order valence-electron chi connectivity index (χ3n) is 3.67. The van der Waals surface area contributed by atoms with Crippen LogP contribution >= 0.6 is 0 Å². The van der Waals surface area contributed by atoms with Crippen LogP contribution in [0.3, 0.4) is 0 Å². The summed E-state index contributed by atoms with van der Waals surface area (Å²) in [4.78, 5) is 20.6. The fraction of sp³-hybridized carbons (Fsp3) is 0.750. The predicted molar refractivity (Wildman–Crippen MR) is 95.2 cm³/mol. The Labute approximate surface area is 148 Å². The minimum atomic E-state index is -0.248. The molecule has 3 N–H and O–H groups in total. The van der Waals surface area contributed by atoms with Gasteiger partial charge in [-0.15, -0.1) is 0 Å². The Kier molecular flexibility index (Phi) is 6.35. The summed E-state index contributed by atoms with van der Waals surface area (Å²) in [6.45, 7) is 7.16. The SMILES string of the molecule is CN=C(NCC(=O)NC(C)(C)C)NC1CCc2nc(COC)nn2C1. The molecule has 2 heterocycles. The normalized spacial score (nSPS) is 17.8. The average molecular weight is 351 g/mol. The number of nitrogens with one attached hydrogen (secondary N) is 3. The van der Waals surface area contributed by atoms with Crippen LogP contribution in [0.1, 0.15) is 38.8 Å². The number of hydrogen-bond acceptors (Lipinski definition) is 5. The minimum absolute atomic E-state index is 0.0677. The first-order valence-electron chi connectivity index (χ1n) is 8.50. The largest absolute Gasteiger partial charge is 0.377 e. The first kappa shape index (κ1) is 19.2. The van der Waals surface area contributed by atoms with Crippen LogP contribution in [0, 0.1) is 0 Å². The molecule has 0 bridgehead atoms. The lowest BCUT2D eigenvalue weighted by Gasteiger charge is -2.26. The number of aromatic nitrogens is 3. The van der Waals surface area contributed by atoms with E-state index in [9.17, 15) is 4.79 Å². The Hall–Kier alpha value is -2.16. The first-order valence-corrected chi connectivity index (χ1v) is 8.50. The van der Waals surface area contributed by atoms with Crippen LogP contribution in [0.25, 0.3) is 0 Å². The molecule has 0 aromatic carbocycles. The van der Waals surface area contributed by atoms with Crippen LogP contribution in [0.15, 0.2) is 4.99 Å². The number of aliphatic imine (C=N–C) groups is 1. The number of carbonyl (C=O) groups is 1. The van der Waals surface area contributed by atoms with Gasteiger partial charge in [-0.25, -0.2) is 9.67 Å². The standard InChI is InChI=1S/C16H29N7O2/c1-16(2,3)21-14(24)8-18-15(17-4)19-11-6-7-13-20-12(10-25-5)22-23(13)9-11/h11H,6-10H2,1-5H3,(H,21,24)(H2,17,18,19). The van der Waals surface area contributed by atoms with Crippen LogP contribution < -0.4 is 16.0 Å². The van der Waals surface area contributed by atoms with E-state index in [-0.39, 0.29) is 24.0 Å². The fourth-order valence-corrected chi connectivity index (χ4v) is 2.68. The fourth-order valence-electron chi connectivity index (χ4n) is 2.68. The van der Waals surface area contributed by atoms with E-state index in [1.165, 1.54) is 0 Å². The van der Waals surface area contributed by atoms with Crippen molar-refractivity contribution in [3.63, 3.8) is 0 Å². The highest BCUT2D eigenvalue weighted by Crippen LogP contribution is 2.13. The maximum Gasteiger partial charge on any atom is 0.239 e. The lowest BCUT2D eigenvalue weighted by molar-refractivity contribution is -0.121. The van der Waals surface area contributed by atoms with Gasteiger partial charge in [0.2, 0.25) is 5.91 Å². The van der Waals surface area contributed by atoms with Crippen molar-refractivity contribution in [3.05, 3.63) is 11.6 Å². The van der Waals surface area contributed by atoms with Crippen LogP contribution in [-0.4, -0.2) is 58.9 Å². The summed E-state index contributed by atoms with van der Waals surface area (Å²) < 4.78 is 6.99. The van der Waals surface area contributed by atoms with Gasteiger partial charge < -0.3 is 20.7 Å². The summed E-state index contributed by atoms with van der Waals surface area (Å²) in [5.41, 5.74) is -0.248. The minimum Gasteiger partial charge on any atom is -0.377 e. The van der Waals surface area contributed by atoms with E-state index in [4.69, 9.17) is 4.74 Å². The van der Waals surface area contributed by atoms with Crippen molar-refractivity contribution >= 4 is 11.9 Å². The van der Waals surface area contributed by atoms with Crippen molar-refractivity contribution in [3.8, 4) is 0 Å². The first-order chi connectivity index (χ1) is 11.8. The number of rotatable bonds is 5. The van der Waals surface area contributed by atoms with Crippen molar-refractivity contribution in [2.24, 2.45) is 4.99 Å².